The zero-order valence-corrected chi connectivity index (χ0v) is 12.0. The van der Waals surface area contributed by atoms with E-state index in [1.807, 2.05) is 20.8 Å². The van der Waals surface area contributed by atoms with E-state index < -0.39 is 6.04 Å². The molecule has 2 unspecified atom stereocenters. The topological polar surface area (TPSA) is 75.4 Å². The van der Waals surface area contributed by atoms with Crippen molar-refractivity contribution in [3.05, 3.63) is 0 Å². The molecule has 0 saturated carbocycles. The lowest BCUT2D eigenvalue weighted by atomic mass is 10.1. The maximum atomic E-state index is 11.9. The maximum Gasteiger partial charge on any atom is 0.244 e. The summed E-state index contributed by atoms with van der Waals surface area (Å²) in [6.45, 7) is 8.84. The van der Waals surface area contributed by atoms with E-state index in [4.69, 9.17) is 5.73 Å². The van der Waals surface area contributed by atoms with Crippen LogP contribution in [0.5, 0.6) is 0 Å². The van der Waals surface area contributed by atoms with E-state index >= 15 is 0 Å². The van der Waals surface area contributed by atoms with Crippen molar-refractivity contribution in [3.8, 4) is 0 Å². The Morgan fingerprint density at radius 1 is 1.22 bits per heavy atom. The largest absolute Gasteiger partial charge is 0.345 e. The third-order valence-electron chi connectivity index (χ3n) is 2.89. The van der Waals surface area contributed by atoms with E-state index in [9.17, 15) is 9.59 Å². The van der Waals surface area contributed by atoms with Gasteiger partial charge in [-0.15, -0.1) is 0 Å². The van der Waals surface area contributed by atoms with Crippen LogP contribution in [-0.2, 0) is 9.59 Å². The van der Waals surface area contributed by atoms with Crippen LogP contribution in [0.4, 0.5) is 0 Å². The van der Waals surface area contributed by atoms with Crippen molar-refractivity contribution in [1.82, 2.24) is 10.2 Å². The molecule has 0 bridgehead atoms. The molecule has 0 aromatic carbocycles. The Hall–Kier alpha value is -1.10. The van der Waals surface area contributed by atoms with Crippen molar-refractivity contribution in [2.24, 2.45) is 5.73 Å². The van der Waals surface area contributed by atoms with E-state index in [-0.39, 0.29) is 17.9 Å². The number of hydrogen-bond acceptors (Lipinski definition) is 3. The van der Waals surface area contributed by atoms with Gasteiger partial charge in [-0.3, -0.25) is 9.59 Å². The summed E-state index contributed by atoms with van der Waals surface area (Å²) in [6, 6.07) is -0.333. The molecule has 5 heteroatoms. The van der Waals surface area contributed by atoms with Gasteiger partial charge in [0.1, 0.15) is 6.04 Å². The van der Waals surface area contributed by atoms with Gasteiger partial charge in [0.25, 0.3) is 0 Å². The first-order chi connectivity index (χ1) is 8.42. The van der Waals surface area contributed by atoms with Gasteiger partial charge in [-0.2, -0.15) is 0 Å². The molecule has 18 heavy (non-hydrogen) atoms. The van der Waals surface area contributed by atoms with Gasteiger partial charge in [-0.25, -0.2) is 0 Å². The summed E-state index contributed by atoms with van der Waals surface area (Å²) in [5.74, 6) is -0.107. The molecule has 0 saturated heterocycles. The maximum absolute atomic E-state index is 11.9. The third-order valence-corrected chi connectivity index (χ3v) is 2.89. The second-order valence-electron chi connectivity index (χ2n) is 4.67. The number of carbonyl (C=O) groups is 2. The molecular weight excluding hydrogens is 230 g/mol. The predicted octanol–water partition coefficient (Wildman–Crippen LogP) is 0.877. The van der Waals surface area contributed by atoms with Gasteiger partial charge in [0.2, 0.25) is 11.8 Å². The number of hydrogen-bond donors (Lipinski definition) is 2. The van der Waals surface area contributed by atoms with E-state index in [2.05, 4.69) is 5.32 Å². The molecular formula is C13H27N3O2. The molecule has 0 aliphatic carbocycles. The number of rotatable bonds is 8. The summed E-state index contributed by atoms with van der Waals surface area (Å²) < 4.78 is 0. The summed E-state index contributed by atoms with van der Waals surface area (Å²) >= 11 is 0. The van der Waals surface area contributed by atoms with Crippen LogP contribution in [0, 0.1) is 0 Å². The lowest BCUT2D eigenvalue weighted by molar-refractivity contribution is -0.135. The summed E-state index contributed by atoms with van der Waals surface area (Å²) in [5.41, 5.74) is 5.61. The Kier molecular flexibility index (Phi) is 8.37. The number of nitrogens with zero attached hydrogens (tertiary/aromatic N) is 1. The van der Waals surface area contributed by atoms with Gasteiger partial charge in [-0.1, -0.05) is 0 Å². The molecule has 0 aliphatic rings. The fourth-order valence-electron chi connectivity index (χ4n) is 1.77. The number of nitrogens with two attached hydrogens (primary N) is 1. The second kappa shape index (κ2) is 8.91. The van der Waals surface area contributed by atoms with Gasteiger partial charge in [0.05, 0.1) is 0 Å². The molecule has 0 aromatic rings. The Morgan fingerprint density at radius 2 is 1.78 bits per heavy atom. The Balaban J connectivity index is 4.02. The molecule has 3 N–H and O–H groups in total. The van der Waals surface area contributed by atoms with Crippen molar-refractivity contribution in [3.63, 3.8) is 0 Å². The normalized spacial score (nSPS) is 13.8. The van der Waals surface area contributed by atoms with E-state index in [1.165, 1.54) is 0 Å². The molecule has 0 radical (unpaired) electrons. The van der Waals surface area contributed by atoms with Gasteiger partial charge in [-0.05, 0) is 40.5 Å². The molecule has 0 aromatic heterocycles. The van der Waals surface area contributed by atoms with E-state index in [0.29, 0.717) is 19.5 Å². The Labute approximate surface area is 110 Å². The molecule has 5 nitrogen and oxygen atoms in total. The van der Waals surface area contributed by atoms with Crippen molar-refractivity contribution in [1.29, 1.82) is 0 Å². The number of nitrogens with one attached hydrogen (secondary N) is 1. The Morgan fingerprint density at radius 3 is 2.22 bits per heavy atom. The summed E-state index contributed by atoms with van der Waals surface area (Å²) in [5, 5.41) is 2.73. The molecule has 106 valence electrons. The lowest BCUT2D eigenvalue weighted by Crippen LogP contribution is -2.46. The van der Waals surface area contributed by atoms with Gasteiger partial charge in [0.15, 0.2) is 0 Å². The van der Waals surface area contributed by atoms with Crippen LogP contribution in [0.15, 0.2) is 0 Å². The SMILES string of the molecule is CCN(CC)C(=O)C(C)NC(=O)CCCC(C)N. The minimum absolute atomic E-state index is 0.0273. The van der Waals surface area contributed by atoms with Gasteiger partial charge < -0.3 is 16.0 Å². The van der Waals surface area contributed by atoms with Crippen molar-refractivity contribution >= 4 is 11.8 Å². The van der Waals surface area contributed by atoms with Gasteiger partial charge in [0, 0.05) is 25.6 Å². The fraction of sp³-hybridized carbons (Fsp3) is 0.846. The first kappa shape index (κ1) is 16.9. The smallest absolute Gasteiger partial charge is 0.244 e. The second-order valence-corrected chi connectivity index (χ2v) is 4.67. The molecule has 0 aliphatic heterocycles. The minimum atomic E-state index is -0.451. The van der Waals surface area contributed by atoms with Crippen molar-refractivity contribution in [2.45, 2.75) is 59.0 Å². The van der Waals surface area contributed by atoms with Crippen LogP contribution >= 0.6 is 0 Å². The molecule has 0 heterocycles. The van der Waals surface area contributed by atoms with Gasteiger partial charge >= 0.3 is 0 Å². The summed E-state index contributed by atoms with van der Waals surface area (Å²) in [4.78, 5) is 25.2. The lowest BCUT2D eigenvalue weighted by Gasteiger charge is -2.23. The highest BCUT2D eigenvalue weighted by Gasteiger charge is 2.19. The molecule has 0 rings (SSSR count). The molecule has 2 amide bonds. The Bertz CT molecular complexity index is 263. The first-order valence-corrected chi connectivity index (χ1v) is 6.76. The average molecular weight is 257 g/mol. The highest BCUT2D eigenvalue weighted by Crippen LogP contribution is 2.00. The monoisotopic (exact) mass is 257 g/mol. The molecule has 2 atom stereocenters. The molecule has 0 spiro atoms. The number of amides is 2. The predicted molar refractivity (Wildman–Crippen MR) is 73.0 cm³/mol. The van der Waals surface area contributed by atoms with Crippen LogP contribution in [0.25, 0.3) is 0 Å². The van der Waals surface area contributed by atoms with Crippen molar-refractivity contribution < 1.29 is 9.59 Å². The van der Waals surface area contributed by atoms with E-state index in [1.54, 1.807) is 11.8 Å². The van der Waals surface area contributed by atoms with Crippen LogP contribution < -0.4 is 11.1 Å². The first-order valence-electron chi connectivity index (χ1n) is 6.76. The number of carbonyl (C=O) groups excluding carboxylic acids is 2. The standard InChI is InChI=1S/C13H27N3O2/c1-5-16(6-2)13(18)11(4)15-12(17)9-7-8-10(3)14/h10-11H,5-9,14H2,1-4H3,(H,15,17). The van der Waals surface area contributed by atoms with Crippen LogP contribution in [0.3, 0.4) is 0 Å². The third kappa shape index (κ3) is 6.59. The summed E-state index contributed by atoms with van der Waals surface area (Å²) in [7, 11) is 0. The quantitative estimate of drug-likeness (QED) is 0.677. The zero-order valence-electron chi connectivity index (χ0n) is 12.0. The zero-order chi connectivity index (χ0) is 14.1. The van der Waals surface area contributed by atoms with Crippen LogP contribution in [-0.4, -0.2) is 41.9 Å². The van der Waals surface area contributed by atoms with Crippen LogP contribution in [0.1, 0.15) is 47.0 Å². The van der Waals surface area contributed by atoms with Crippen molar-refractivity contribution in [2.75, 3.05) is 13.1 Å². The average Bonchev–Trinajstić information content (AvgIpc) is 2.29. The summed E-state index contributed by atoms with van der Waals surface area (Å²) in [6.07, 6.45) is 2.01. The number of likely N-dealkylation sites (N-methyl/N-ethyl adjacent to an activating group) is 1. The fourth-order valence-corrected chi connectivity index (χ4v) is 1.77. The van der Waals surface area contributed by atoms with Crippen LogP contribution in [0.2, 0.25) is 0 Å². The highest BCUT2D eigenvalue weighted by atomic mass is 16.2. The highest BCUT2D eigenvalue weighted by molar-refractivity contribution is 5.87. The minimum Gasteiger partial charge on any atom is -0.345 e. The van der Waals surface area contributed by atoms with E-state index in [0.717, 1.165) is 12.8 Å². The molecule has 0 fully saturated rings.